The van der Waals surface area contributed by atoms with Crippen LogP contribution in [0.1, 0.15) is 52.4 Å². The molecule has 0 heterocycles. The lowest BCUT2D eigenvalue weighted by molar-refractivity contribution is -0.120. The molecule has 2 aliphatic rings. The Morgan fingerprint density at radius 3 is 2.18 bits per heavy atom. The summed E-state index contributed by atoms with van der Waals surface area (Å²) in [7, 11) is 0. The molecule has 0 aromatic heterocycles. The molecule has 0 aliphatic heterocycles. The molecule has 0 saturated heterocycles. The van der Waals surface area contributed by atoms with Crippen LogP contribution in [0, 0.1) is 11.8 Å². The number of nitrogens with one attached hydrogen (secondary N) is 2. The second kappa shape index (κ2) is 5.85. The van der Waals surface area contributed by atoms with Crippen molar-refractivity contribution in [3.8, 4) is 0 Å². The second-order valence-corrected chi connectivity index (χ2v) is 6.08. The number of rotatable bonds is 5. The quantitative estimate of drug-likeness (QED) is 0.770. The highest BCUT2D eigenvalue weighted by Crippen LogP contribution is 2.29. The van der Waals surface area contributed by atoms with E-state index in [2.05, 4.69) is 24.5 Å². The van der Waals surface area contributed by atoms with Crippen LogP contribution in [0.15, 0.2) is 0 Å². The van der Waals surface area contributed by atoms with E-state index in [0.29, 0.717) is 18.6 Å². The van der Waals surface area contributed by atoms with Crippen LogP contribution < -0.4 is 10.6 Å². The zero-order valence-electron chi connectivity index (χ0n) is 11.2. The molecule has 2 N–H and O–H groups in total. The van der Waals surface area contributed by atoms with Crippen LogP contribution in [-0.2, 0) is 4.79 Å². The van der Waals surface area contributed by atoms with Gasteiger partial charge in [0.1, 0.15) is 0 Å². The summed E-state index contributed by atoms with van der Waals surface area (Å²) in [6, 6.07) is 1.05. The summed E-state index contributed by atoms with van der Waals surface area (Å²) >= 11 is 0. The maximum absolute atomic E-state index is 11.5. The molecule has 1 amide bonds. The predicted octanol–water partition coefficient (Wildman–Crippen LogP) is 2.07. The zero-order valence-corrected chi connectivity index (χ0v) is 11.2. The fourth-order valence-corrected chi connectivity index (χ4v) is 2.73. The first kappa shape index (κ1) is 12.9. The van der Waals surface area contributed by atoms with Gasteiger partial charge in [-0.15, -0.1) is 0 Å². The molecule has 2 saturated carbocycles. The molecule has 98 valence electrons. The van der Waals surface area contributed by atoms with Crippen LogP contribution in [0.2, 0.25) is 0 Å². The van der Waals surface area contributed by atoms with Crippen molar-refractivity contribution in [2.24, 2.45) is 11.8 Å². The molecule has 0 aromatic rings. The SMILES string of the molecule is CC(C)C1CCC(NCC(=O)NC2CC2)CC1. The van der Waals surface area contributed by atoms with Crippen molar-refractivity contribution in [1.29, 1.82) is 0 Å². The molecular weight excluding hydrogens is 212 g/mol. The zero-order chi connectivity index (χ0) is 12.3. The molecule has 0 atom stereocenters. The maximum Gasteiger partial charge on any atom is 0.234 e. The molecule has 3 heteroatoms. The molecule has 0 bridgehead atoms. The van der Waals surface area contributed by atoms with Crippen molar-refractivity contribution in [2.75, 3.05) is 6.54 Å². The lowest BCUT2D eigenvalue weighted by Gasteiger charge is -2.31. The molecule has 0 spiro atoms. The summed E-state index contributed by atoms with van der Waals surface area (Å²) in [5.74, 6) is 1.89. The molecule has 2 fully saturated rings. The topological polar surface area (TPSA) is 41.1 Å². The van der Waals surface area contributed by atoms with E-state index in [1.165, 1.54) is 38.5 Å². The van der Waals surface area contributed by atoms with Gasteiger partial charge in [0.15, 0.2) is 0 Å². The molecule has 0 aromatic carbocycles. The number of hydrogen-bond acceptors (Lipinski definition) is 2. The van der Waals surface area contributed by atoms with Crippen LogP contribution in [0.4, 0.5) is 0 Å². The Kier molecular flexibility index (Phi) is 4.43. The van der Waals surface area contributed by atoms with E-state index in [1.807, 2.05) is 0 Å². The van der Waals surface area contributed by atoms with E-state index in [9.17, 15) is 4.79 Å². The monoisotopic (exact) mass is 238 g/mol. The first-order chi connectivity index (χ1) is 8.15. The summed E-state index contributed by atoms with van der Waals surface area (Å²) in [4.78, 5) is 11.5. The van der Waals surface area contributed by atoms with Crippen molar-refractivity contribution >= 4 is 5.91 Å². The average molecular weight is 238 g/mol. The molecule has 2 rings (SSSR count). The Labute approximate surface area is 105 Å². The van der Waals surface area contributed by atoms with Gasteiger partial charge in [-0.3, -0.25) is 4.79 Å². The number of carbonyl (C=O) groups excluding carboxylic acids is 1. The van der Waals surface area contributed by atoms with Crippen LogP contribution in [0.5, 0.6) is 0 Å². The Balaban J connectivity index is 1.59. The van der Waals surface area contributed by atoms with Gasteiger partial charge in [-0.25, -0.2) is 0 Å². The molecule has 2 aliphatic carbocycles. The molecule has 0 radical (unpaired) electrons. The van der Waals surface area contributed by atoms with E-state index < -0.39 is 0 Å². The summed E-state index contributed by atoms with van der Waals surface area (Å²) in [6.07, 6.45) is 7.45. The number of carbonyl (C=O) groups is 1. The fraction of sp³-hybridized carbons (Fsp3) is 0.929. The molecule has 17 heavy (non-hydrogen) atoms. The number of hydrogen-bond donors (Lipinski definition) is 2. The van der Waals surface area contributed by atoms with Gasteiger partial charge in [-0.05, 0) is 50.4 Å². The van der Waals surface area contributed by atoms with Crippen LogP contribution in [0.3, 0.4) is 0 Å². The molecular formula is C14H26N2O. The third-order valence-corrected chi connectivity index (χ3v) is 4.21. The largest absolute Gasteiger partial charge is 0.352 e. The lowest BCUT2D eigenvalue weighted by atomic mass is 9.80. The number of amides is 1. The van der Waals surface area contributed by atoms with Gasteiger partial charge in [-0.2, -0.15) is 0 Å². The molecule has 0 unspecified atom stereocenters. The minimum absolute atomic E-state index is 0.179. The third kappa shape index (κ3) is 4.30. The third-order valence-electron chi connectivity index (χ3n) is 4.21. The minimum Gasteiger partial charge on any atom is -0.352 e. The van der Waals surface area contributed by atoms with Crippen molar-refractivity contribution in [2.45, 2.75) is 64.5 Å². The lowest BCUT2D eigenvalue weighted by Crippen LogP contribution is -2.41. The summed E-state index contributed by atoms with van der Waals surface area (Å²) < 4.78 is 0. The first-order valence-electron chi connectivity index (χ1n) is 7.18. The summed E-state index contributed by atoms with van der Waals surface area (Å²) in [5, 5.41) is 6.42. The van der Waals surface area contributed by atoms with Crippen LogP contribution in [-0.4, -0.2) is 24.5 Å². The summed E-state index contributed by atoms with van der Waals surface area (Å²) in [5.41, 5.74) is 0. The van der Waals surface area contributed by atoms with E-state index in [1.54, 1.807) is 0 Å². The van der Waals surface area contributed by atoms with Gasteiger partial charge >= 0.3 is 0 Å². The highest BCUT2D eigenvalue weighted by Gasteiger charge is 2.25. The van der Waals surface area contributed by atoms with Crippen molar-refractivity contribution < 1.29 is 4.79 Å². The van der Waals surface area contributed by atoms with Crippen molar-refractivity contribution in [1.82, 2.24) is 10.6 Å². The van der Waals surface area contributed by atoms with Crippen LogP contribution >= 0.6 is 0 Å². The van der Waals surface area contributed by atoms with Gasteiger partial charge in [0.25, 0.3) is 0 Å². The van der Waals surface area contributed by atoms with Gasteiger partial charge in [-0.1, -0.05) is 13.8 Å². The fourth-order valence-electron chi connectivity index (χ4n) is 2.73. The maximum atomic E-state index is 11.5. The normalized spacial score (nSPS) is 29.4. The Bertz CT molecular complexity index is 253. The summed E-state index contributed by atoms with van der Waals surface area (Å²) in [6.45, 7) is 5.15. The van der Waals surface area contributed by atoms with Crippen LogP contribution in [0.25, 0.3) is 0 Å². The Morgan fingerprint density at radius 1 is 1.06 bits per heavy atom. The smallest absolute Gasteiger partial charge is 0.234 e. The van der Waals surface area contributed by atoms with E-state index in [-0.39, 0.29) is 5.91 Å². The van der Waals surface area contributed by atoms with E-state index in [4.69, 9.17) is 0 Å². The molecule has 3 nitrogen and oxygen atoms in total. The van der Waals surface area contributed by atoms with E-state index >= 15 is 0 Å². The van der Waals surface area contributed by atoms with Gasteiger partial charge in [0.2, 0.25) is 5.91 Å². The van der Waals surface area contributed by atoms with Crippen molar-refractivity contribution in [3.05, 3.63) is 0 Å². The van der Waals surface area contributed by atoms with Gasteiger partial charge < -0.3 is 10.6 Å². The Hall–Kier alpha value is -0.570. The predicted molar refractivity (Wildman–Crippen MR) is 69.8 cm³/mol. The minimum atomic E-state index is 0.179. The van der Waals surface area contributed by atoms with Gasteiger partial charge in [0, 0.05) is 12.1 Å². The first-order valence-corrected chi connectivity index (χ1v) is 7.18. The highest BCUT2D eigenvalue weighted by atomic mass is 16.2. The highest BCUT2D eigenvalue weighted by molar-refractivity contribution is 5.78. The average Bonchev–Trinajstić information content (AvgIpc) is 3.11. The second-order valence-electron chi connectivity index (χ2n) is 6.08. The Morgan fingerprint density at radius 2 is 1.65 bits per heavy atom. The van der Waals surface area contributed by atoms with Crippen molar-refractivity contribution in [3.63, 3.8) is 0 Å². The van der Waals surface area contributed by atoms with Gasteiger partial charge in [0.05, 0.1) is 6.54 Å². The van der Waals surface area contributed by atoms with E-state index in [0.717, 1.165) is 11.8 Å². The standard InChI is InChI=1S/C14H26N2O/c1-10(2)11-3-5-12(6-4-11)15-9-14(17)16-13-7-8-13/h10-13,15H,3-9H2,1-2H3,(H,16,17).